The van der Waals surface area contributed by atoms with E-state index in [0.717, 1.165) is 39.3 Å². The summed E-state index contributed by atoms with van der Waals surface area (Å²) in [5.74, 6) is 2.84. The Balaban J connectivity index is 1.32. The topological polar surface area (TPSA) is 82.2 Å². The summed E-state index contributed by atoms with van der Waals surface area (Å²) in [5.41, 5.74) is 3.36. The molecule has 5 rings (SSSR count). The molecule has 0 fully saturated rings. The summed E-state index contributed by atoms with van der Waals surface area (Å²) in [4.78, 5) is 12.5. The van der Waals surface area contributed by atoms with E-state index >= 15 is 0 Å². The maximum absolute atomic E-state index is 12.5. The van der Waals surface area contributed by atoms with E-state index < -0.39 is 0 Å². The number of thioether (sulfide) groups is 1. The molecule has 0 atom stereocenters. The number of hydrogen-bond acceptors (Lipinski definition) is 6. The van der Waals surface area contributed by atoms with E-state index in [1.807, 2.05) is 95.6 Å². The number of amides is 1. The zero-order valence-electron chi connectivity index (χ0n) is 19.6. The van der Waals surface area contributed by atoms with Crippen molar-refractivity contribution in [3.63, 3.8) is 0 Å². The molecule has 3 aromatic carbocycles. The van der Waals surface area contributed by atoms with Crippen molar-refractivity contribution in [2.45, 2.75) is 17.5 Å². The number of carbonyl (C=O) groups is 1. The molecule has 180 valence electrons. The number of methoxy groups -OCH3 is 1. The van der Waals surface area contributed by atoms with Crippen molar-refractivity contribution >= 4 is 23.4 Å². The Labute approximate surface area is 213 Å². The third-order valence-corrected chi connectivity index (χ3v) is 6.59. The van der Waals surface area contributed by atoms with Crippen molar-refractivity contribution in [1.82, 2.24) is 14.8 Å². The minimum absolute atomic E-state index is 0.137. The number of nitrogens with one attached hydrogen (secondary N) is 1. The molecule has 0 spiro atoms. The predicted molar refractivity (Wildman–Crippen MR) is 140 cm³/mol. The zero-order chi connectivity index (χ0) is 24.7. The average molecular weight is 497 g/mol. The first-order valence-corrected chi connectivity index (χ1v) is 12.4. The van der Waals surface area contributed by atoms with Gasteiger partial charge in [-0.25, -0.2) is 0 Å². The molecule has 1 N–H and O–H groups in total. The Morgan fingerprint density at radius 1 is 0.972 bits per heavy atom. The first-order chi connectivity index (χ1) is 17.7. The summed E-state index contributed by atoms with van der Waals surface area (Å²) in [5, 5.41) is 12.6. The second-order valence-corrected chi connectivity index (χ2v) is 8.95. The highest BCUT2D eigenvalue weighted by Gasteiger charge is 2.17. The maximum Gasteiger partial charge on any atom is 0.255 e. The summed E-state index contributed by atoms with van der Waals surface area (Å²) >= 11 is 1.58. The Morgan fingerprint density at radius 2 is 1.81 bits per heavy atom. The third kappa shape index (κ3) is 5.50. The summed E-state index contributed by atoms with van der Waals surface area (Å²) < 4.78 is 13.0. The van der Waals surface area contributed by atoms with Crippen LogP contribution in [0.3, 0.4) is 0 Å². The molecule has 2 heterocycles. The van der Waals surface area contributed by atoms with Gasteiger partial charge in [0.2, 0.25) is 0 Å². The molecule has 0 bridgehead atoms. The maximum atomic E-state index is 12.5. The van der Waals surface area contributed by atoms with Gasteiger partial charge < -0.3 is 14.5 Å². The van der Waals surface area contributed by atoms with Crippen LogP contribution in [0.2, 0.25) is 0 Å². The monoisotopic (exact) mass is 496 g/mol. The highest BCUT2D eigenvalue weighted by atomic mass is 32.2. The number of carbonyl (C=O) groups excluding carboxylic acids is 1. The molecule has 0 radical (unpaired) electrons. The number of aromatic nitrogens is 3. The fourth-order valence-corrected chi connectivity index (χ4v) is 4.59. The zero-order valence-corrected chi connectivity index (χ0v) is 20.4. The number of rotatable bonds is 9. The SMILES string of the molecule is COc1cccc(-c2nnc(SCc3ccc(C(=O)Nc4ccccc4)cc3)n2Cc2ccco2)c1. The number of nitrogens with zero attached hydrogens (tertiary/aromatic N) is 3. The summed E-state index contributed by atoms with van der Waals surface area (Å²) in [7, 11) is 1.64. The molecule has 36 heavy (non-hydrogen) atoms. The van der Waals surface area contributed by atoms with Crippen molar-refractivity contribution < 1.29 is 13.9 Å². The number of hydrogen-bond donors (Lipinski definition) is 1. The van der Waals surface area contributed by atoms with Crippen molar-refractivity contribution in [2.24, 2.45) is 0 Å². The van der Waals surface area contributed by atoms with Gasteiger partial charge in [0.15, 0.2) is 11.0 Å². The van der Waals surface area contributed by atoms with Crippen LogP contribution in [0.4, 0.5) is 5.69 Å². The lowest BCUT2D eigenvalue weighted by atomic mass is 10.1. The van der Waals surface area contributed by atoms with E-state index in [9.17, 15) is 4.79 Å². The minimum atomic E-state index is -0.137. The standard InChI is InChI=1S/C28H24N4O3S/c1-34-24-10-5-7-22(17-24)26-30-31-28(32(26)18-25-11-6-16-35-25)36-19-20-12-14-21(15-13-20)27(33)29-23-8-3-2-4-9-23/h2-17H,18-19H2,1H3,(H,29,33). The molecule has 2 aromatic heterocycles. The molecular weight excluding hydrogens is 472 g/mol. The Bertz CT molecular complexity index is 1430. The highest BCUT2D eigenvalue weighted by molar-refractivity contribution is 7.98. The van der Waals surface area contributed by atoms with Crippen LogP contribution < -0.4 is 10.1 Å². The molecule has 0 aliphatic carbocycles. The van der Waals surface area contributed by atoms with Gasteiger partial charge in [-0.15, -0.1) is 10.2 Å². The van der Waals surface area contributed by atoms with Gasteiger partial charge in [0.25, 0.3) is 5.91 Å². The predicted octanol–water partition coefficient (Wildman–Crippen LogP) is 6.14. The molecule has 8 heteroatoms. The van der Waals surface area contributed by atoms with Crippen molar-refractivity contribution in [3.8, 4) is 17.1 Å². The molecular formula is C28H24N4O3S. The van der Waals surface area contributed by atoms with Crippen LogP contribution in [0.15, 0.2) is 107 Å². The first-order valence-electron chi connectivity index (χ1n) is 11.4. The van der Waals surface area contributed by atoms with Crippen LogP contribution in [0.1, 0.15) is 21.7 Å². The van der Waals surface area contributed by atoms with E-state index in [4.69, 9.17) is 9.15 Å². The van der Waals surface area contributed by atoms with Crippen LogP contribution in [0.25, 0.3) is 11.4 Å². The summed E-state index contributed by atoms with van der Waals surface area (Å²) in [6.07, 6.45) is 1.66. The van der Waals surface area contributed by atoms with Crippen molar-refractivity contribution in [3.05, 3.63) is 114 Å². The fourth-order valence-electron chi connectivity index (χ4n) is 3.70. The van der Waals surface area contributed by atoms with E-state index in [1.165, 1.54) is 0 Å². The van der Waals surface area contributed by atoms with Gasteiger partial charge in [-0.1, -0.05) is 54.2 Å². The number of anilines is 1. The lowest BCUT2D eigenvalue weighted by Crippen LogP contribution is -2.11. The lowest BCUT2D eigenvalue weighted by Gasteiger charge is -2.10. The van der Waals surface area contributed by atoms with Gasteiger partial charge in [0.1, 0.15) is 11.5 Å². The Morgan fingerprint density at radius 3 is 2.56 bits per heavy atom. The van der Waals surface area contributed by atoms with Gasteiger partial charge in [-0.05, 0) is 54.1 Å². The molecule has 0 saturated carbocycles. The molecule has 0 aliphatic heterocycles. The molecule has 0 unspecified atom stereocenters. The van der Waals surface area contributed by atoms with Crippen LogP contribution >= 0.6 is 11.8 Å². The van der Waals surface area contributed by atoms with Crippen LogP contribution in [-0.4, -0.2) is 27.8 Å². The normalized spacial score (nSPS) is 10.8. The van der Waals surface area contributed by atoms with Gasteiger partial charge in [-0.3, -0.25) is 9.36 Å². The largest absolute Gasteiger partial charge is 0.497 e. The van der Waals surface area contributed by atoms with Crippen LogP contribution in [0, 0.1) is 0 Å². The summed E-state index contributed by atoms with van der Waals surface area (Å²) in [6.45, 7) is 0.507. The van der Waals surface area contributed by atoms with E-state index in [0.29, 0.717) is 17.9 Å². The number of ether oxygens (including phenoxy) is 1. The van der Waals surface area contributed by atoms with Crippen molar-refractivity contribution in [1.29, 1.82) is 0 Å². The molecule has 7 nitrogen and oxygen atoms in total. The second kappa shape index (κ2) is 11.0. The highest BCUT2D eigenvalue weighted by Crippen LogP contribution is 2.29. The van der Waals surface area contributed by atoms with Gasteiger partial charge in [-0.2, -0.15) is 0 Å². The third-order valence-electron chi connectivity index (χ3n) is 5.55. The molecule has 0 saturated heterocycles. The number of furan rings is 1. The number of para-hydroxylation sites is 1. The molecule has 5 aromatic rings. The Kier molecular flexibility index (Phi) is 7.14. The average Bonchev–Trinajstić information content (AvgIpc) is 3.59. The van der Waals surface area contributed by atoms with Crippen LogP contribution in [-0.2, 0) is 12.3 Å². The van der Waals surface area contributed by atoms with E-state index in [-0.39, 0.29) is 5.91 Å². The quantitative estimate of drug-likeness (QED) is 0.247. The summed E-state index contributed by atoms with van der Waals surface area (Å²) in [6, 6.07) is 28.6. The molecule has 0 aliphatic rings. The molecule has 1 amide bonds. The smallest absolute Gasteiger partial charge is 0.255 e. The minimum Gasteiger partial charge on any atom is -0.497 e. The second-order valence-electron chi connectivity index (χ2n) is 8.01. The lowest BCUT2D eigenvalue weighted by molar-refractivity contribution is 0.102. The first kappa shape index (κ1) is 23.4. The van der Waals surface area contributed by atoms with Crippen molar-refractivity contribution in [2.75, 3.05) is 12.4 Å². The van der Waals surface area contributed by atoms with Gasteiger partial charge in [0, 0.05) is 22.6 Å². The fraction of sp³-hybridized carbons (Fsp3) is 0.107. The Hall–Kier alpha value is -4.30. The van der Waals surface area contributed by atoms with Gasteiger partial charge in [0.05, 0.1) is 19.9 Å². The van der Waals surface area contributed by atoms with E-state index in [2.05, 4.69) is 15.5 Å². The van der Waals surface area contributed by atoms with Crippen LogP contribution in [0.5, 0.6) is 5.75 Å². The number of benzene rings is 3. The van der Waals surface area contributed by atoms with E-state index in [1.54, 1.807) is 25.1 Å². The van der Waals surface area contributed by atoms with Gasteiger partial charge >= 0.3 is 0 Å².